The minimum absolute atomic E-state index is 0. The summed E-state index contributed by atoms with van der Waals surface area (Å²) in [6.45, 7) is 0.969. The predicted molar refractivity (Wildman–Crippen MR) is 77.7 cm³/mol. The number of Topliss-reactive ketones (excluding diaryl/α,β-unsaturated/α-hetero) is 1. The zero-order chi connectivity index (χ0) is 16.0. The molecule has 0 fully saturated rings. The van der Waals surface area contributed by atoms with E-state index in [1.165, 1.54) is 13.0 Å². The topological polar surface area (TPSA) is 174 Å². The van der Waals surface area contributed by atoms with Crippen LogP contribution in [0.1, 0.15) is 44.9 Å². The molecule has 0 aliphatic carbocycles. The lowest BCUT2D eigenvalue weighted by atomic mass is 10.2. The Labute approximate surface area is 129 Å². The van der Waals surface area contributed by atoms with Gasteiger partial charge >= 0.3 is 7.40 Å². The second kappa shape index (κ2) is 18.5. The molecule has 0 amide bonds. The van der Waals surface area contributed by atoms with E-state index in [1.807, 2.05) is 0 Å². The third-order valence-electron chi connectivity index (χ3n) is 1.65. The molecule has 0 radical (unpaired) electrons. The lowest BCUT2D eigenvalue weighted by Gasteiger charge is -1.86. The summed E-state index contributed by atoms with van der Waals surface area (Å²) >= 11 is 0. The molecule has 9 nitrogen and oxygen atoms in total. The number of carboxylic acids is 1. The average molecular weight is 323 g/mol. The molecule has 1 heterocycles. The van der Waals surface area contributed by atoms with Crippen molar-refractivity contribution >= 4 is 24.5 Å². The van der Waals surface area contributed by atoms with Gasteiger partial charge in [-0.15, -0.1) is 0 Å². The smallest absolute Gasteiger partial charge is 0.483 e. The number of rotatable bonds is 5. The van der Waals surface area contributed by atoms with Crippen LogP contribution in [0, 0.1) is 0 Å². The van der Waals surface area contributed by atoms with Gasteiger partial charge < -0.3 is 30.0 Å². The maximum atomic E-state index is 10.1. The highest BCUT2D eigenvalue weighted by Gasteiger charge is 1.98. The standard InChI is InChI=1S/C6H6O3.C5H8O3.CH2O2.CH4.H2O/c7-3-5-1-2-6(4-8)9-5;1-4(6)2-3-5(7)8;2-1-3;;/h1-3,8H,4H2;2-3H2,1H3,(H,7,8);1H,(H,2,3);1H4;1H2/p+1. The summed E-state index contributed by atoms with van der Waals surface area (Å²) < 4.78 is 4.76. The third kappa shape index (κ3) is 19.8. The molecule has 0 aromatic carbocycles. The first-order valence-corrected chi connectivity index (χ1v) is 5.35. The second-order valence-electron chi connectivity index (χ2n) is 3.28. The lowest BCUT2D eigenvalue weighted by molar-refractivity contribution is -0.138. The van der Waals surface area contributed by atoms with Gasteiger partial charge in [0.2, 0.25) is 0 Å². The monoisotopic (exact) mass is 323 g/mol. The van der Waals surface area contributed by atoms with Crippen molar-refractivity contribution in [2.45, 2.75) is 33.8 Å². The summed E-state index contributed by atoms with van der Waals surface area (Å²) in [6, 6.07) is 3.07. The van der Waals surface area contributed by atoms with E-state index in [-0.39, 0.29) is 51.8 Å². The highest BCUT2D eigenvalue weighted by molar-refractivity contribution is 5.80. The SMILES string of the molecule is C.CC(=O)CCC(=O)O.O.O=CO.O=Cc1ccc(CO)o1.[H+]. The fourth-order valence-electron chi connectivity index (χ4n) is 0.826. The summed E-state index contributed by atoms with van der Waals surface area (Å²) in [7, 11) is 0. The van der Waals surface area contributed by atoms with Gasteiger partial charge in [0.25, 0.3) is 6.47 Å². The Morgan fingerprint density at radius 3 is 1.95 bits per heavy atom. The summed E-state index contributed by atoms with van der Waals surface area (Å²) in [6.07, 6.45) is 0.698. The summed E-state index contributed by atoms with van der Waals surface area (Å²) in [4.78, 5) is 38.2. The fourth-order valence-corrected chi connectivity index (χ4v) is 0.826. The summed E-state index contributed by atoms with van der Waals surface area (Å²) in [5, 5.41) is 23.3. The van der Waals surface area contributed by atoms with Crippen molar-refractivity contribution in [1.29, 1.82) is 0 Å². The van der Waals surface area contributed by atoms with Gasteiger partial charge in [0.15, 0.2) is 12.0 Å². The van der Waals surface area contributed by atoms with Crippen LogP contribution in [-0.2, 0) is 21.0 Å². The van der Waals surface area contributed by atoms with Crippen LogP contribution < -0.4 is 0 Å². The van der Waals surface area contributed by atoms with Crippen molar-refractivity contribution in [3.8, 4) is 0 Å². The Hall–Kier alpha value is -2.52. The van der Waals surface area contributed by atoms with Crippen LogP contribution >= 0.6 is 0 Å². The number of carboxylic acid groups (broad SMARTS) is 2. The first kappa shape index (κ1) is 27.8. The van der Waals surface area contributed by atoms with Crippen LogP contribution in [0.25, 0.3) is 0 Å². The van der Waals surface area contributed by atoms with Gasteiger partial charge in [-0.3, -0.25) is 14.4 Å². The van der Waals surface area contributed by atoms with Crippen molar-refractivity contribution in [3.05, 3.63) is 23.7 Å². The maximum absolute atomic E-state index is 10.1. The van der Waals surface area contributed by atoms with Gasteiger partial charge in [-0.1, -0.05) is 7.43 Å². The zero-order valence-corrected chi connectivity index (χ0v) is 11.3. The molecule has 0 aliphatic rings. The number of aldehydes is 1. The molecule has 1 aromatic heterocycles. The van der Waals surface area contributed by atoms with Gasteiger partial charge in [-0.25, -0.2) is 0 Å². The largest absolute Gasteiger partial charge is 1.00 e. The number of hydrogen-bond donors (Lipinski definition) is 3. The average Bonchev–Trinajstić information content (AvgIpc) is 2.86. The molecule has 0 bridgehead atoms. The van der Waals surface area contributed by atoms with Crippen molar-refractivity contribution in [2.24, 2.45) is 0 Å². The van der Waals surface area contributed by atoms with Crippen LogP contribution in [0.4, 0.5) is 0 Å². The van der Waals surface area contributed by atoms with E-state index in [9.17, 15) is 14.4 Å². The molecule has 0 atom stereocenters. The van der Waals surface area contributed by atoms with E-state index in [0.717, 1.165) is 0 Å². The Balaban J connectivity index is -0.0000000726. The Kier molecular flexibility index (Phi) is 23.3. The molecule has 0 spiro atoms. The van der Waals surface area contributed by atoms with Gasteiger partial charge in [-0.2, -0.15) is 0 Å². The molecule has 0 saturated heterocycles. The van der Waals surface area contributed by atoms with Crippen LogP contribution in [0.2, 0.25) is 0 Å². The van der Waals surface area contributed by atoms with E-state index in [0.29, 0.717) is 12.0 Å². The molecule has 5 N–H and O–H groups in total. The molecular formula is C13H23O9+. The molecule has 1 aromatic rings. The van der Waals surface area contributed by atoms with E-state index in [1.54, 1.807) is 6.07 Å². The number of aliphatic hydroxyl groups is 1. The number of carbonyl (C=O) groups excluding carboxylic acids is 2. The predicted octanol–water partition coefficient (Wildman–Crippen LogP) is 0.649. The number of aliphatic hydroxyl groups excluding tert-OH is 1. The first-order valence-electron chi connectivity index (χ1n) is 5.35. The van der Waals surface area contributed by atoms with Crippen LogP contribution in [-0.4, -0.2) is 45.3 Å². The Bertz CT molecular complexity index is 415. The van der Waals surface area contributed by atoms with Crippen LogP contribution in [0.3, 0.4) is 0 Å². The molecule has 1 rings (SSSR count). The molecular weight excluding hydrogens is 300 g/mol. The fraction of sp³-hybridized carbons (Fsp3) is 0.385. The molecule has 22 heavy (non-hydrogen) atoms. The minimum Gasteiger partial charge on any atom is -0.483 e. The number of ketones is 1. The Morgan fingerprint density at radius 1 is 1.27 bits per heavy atom. The number of aliphatic carboxylic acids is 1. The Morgan fingerprint density at radius 2 is 1.77 bits per heavy atom. The molecule has 0 unspecified atom stereocenters. The summed E-state index contributed by atoms with van der Waals surface area (Å²) in [5.41, 5.74) is 0. The number of furan rings is 1. The van der Waals surface area contributed by atoms with Crippen molar-refractivity contribution in [1.82, 2.24) is 0 Å². The van der Waals surface area contributed by atoms with Gasteiger partial charge in [0.05, 0.1) is 6.42 Å². The highest BCUT2D eigenvalue weighted by Crippen LogP contribution is 2.03. The zero-order valence-electron chi connectivity index (χ0n) is 12.3. The number of carbonyl (C=O) groups is 4. The van der Waals surface area contributed by atoms with Crippen LogP contribution in [0.15, 0.2) is 16.5 Å². The quantitative estimate of drug-likeness (QED) is 0.662. The van der Waals surface area contributed by atoms with E-state index in [4.69, 9.17) is 24.5 Å². The van der Waals surface area contributed by atoms with Crippen LogP contribution in [0.5, 0.6) is 0 Å². The normalized spacial score (nSPS) is 7.55. The highest BCUT2D eigenvalue weighted by atomic mass is 16.4. The lowest BCUT2D eigenvalue weighted by Crippen LogP contribution is -1.98. The molecule has 0 saturated carbocycles. The van der Waals surface area contributed by atoms with Crippen molar-refractivity contribution < 1.29 is 45.8 Å². The maximum Gasteiger partial charge on any atom is 1.00 e. The minimum atomic E-state index is -0.916. The molecule has 9 heteroatoms. The van der Waals surface area contributed by atoms with E-state index >= 15 is 0 Å². The van der Waals surface area contributed by atoms with Gasteiger partial charge in [-0.05, 0) is 19.1 Å². The third-order valence-corrected chi connectivity index (χ3v) is 1.65. The first-order chi connectivity index (χ1) is 9.40. The molecule has 0 aliphatic heterocycles. The number of hydrogen-bond acceptors (Lipinski definition) is 6. The second-order valence-corrected chi connectivity index (χ2v) is 3.28. The van der Waals surface area contributed by atoms with E-state index in [2.05, 4.69) is 0 Å². The van der Waals surface area contributed by atoms with Gasteiger partial charge in [0.1, 0.15) is 18.2 Å². The van der Waals surface area contributed by atoms with E-state index < -0.39 is 5.97 Å². The van der Waals surface area contributed by atoms with Crippen molar-refractivity contribution in [3.63, 3.8) is 0 Å². The van der Waals surface area contributed by atoms with Gasteiger partial charge in [0, 0.05) is 6.42 Å². The molecule has 128 valence electrons. The van der Waals surface area contributed by atoms with Crippen molar-refractivity contribution in [2.75, 3.05) is 0 Å². The summed E-state index contributed by atoms with van der Waals surface area (Å²) in [5.74, 6) is -0.330.